The van der Waals surface area contributed by atoms with E-state index in [1.807, 2.05) is 4.72 Å². The monoisotopic (exact) mass is 519 g/mol. The zero-order valence-electron chi connectivity index (χ0n) is 16.7. The van der Waals surface area contributed by atoms with E-state index in [0.29, 0.717) is 5.02 Å². The molecule has 0 aromatic heterocycles. The summed E-state index contributed by atoms with van der Waals surface area (Å²) in [7, 11) is -8.02. The molecule has 13 heteroatoms. The second-order valence-electron chi connectivity index (χ2n) is 7.05. The van der Waals surface area contributed by atoms with Gasteiger partial charge in [-0.2, -0.15) is 4.31 Å². The molecule has 0 aliphatic carbocycles. The van der Waals surface area contributed by atoms with Gasteiger partial charge in [0.1, 0.15) is 6.04 Å². The lowest BCUT2D eigenvalue weighted by atomic mass is 10.2. The minimum absolute atomic E-state index is 0.0157. The number of halogens is 2. The first kappa shape index (κ1) is 24.5. The number of rotatable bonds is 6. The van der Waals surface area contributed by atoms with E-state index in [1.165, 1.54) is 48.5 Å². The van der Waals surface area contributed by atoms with Crippen molar-refractivity contribution in [3.05, 3.63) is 53.6 Å². The molecule has 1 aliphatic rings. The molecule has 1 heterocycles. The van der Waals surface area contributed by atoms with Crippen molar-refractivity contribution in [1.29, 1.82) is 0 Å². The van der Waals surface area contributed by atoms with Gasteiger partial charge < -0.3 is 5.32 Å². The topological polar surface area (TPSA) is 130 Å². The van der Waals surface area contributed by atoms with E-state index in [4.69, 9.17) is 23.2 Å². The smallest absolute Gasteiger partial charge is 0.264 e. The Balaban J connectivity index is 1.79. The van der Waals surface area contributed by atoms with Crippen LogP contribution in [0.5, 0.6) is 0 Å². The minimum atomic E-state index is -4.02. The number of sulfonamides is 2. The summed E-state index contributed by atoms with van der Waals surface area (Å²) < 4.78 is 53.0. The van der Waals surface area contributed by atoms with Crippen LogP contribution in [0.1, 0.15) is 13.3 Å². The Labute approximate surface area is 195 Å². The maximum Gasteiger partial charge on any atom is 0.264 e. The van der Waals surface area contributed by atoms with Gasteiger partial charge in [-0.15, -0.1) is 11.6 Å². The Bertz CT molecular complexity index is 1230. The van der Waals surface area contributed by atoms with Gasteiger partial charge in [0.25, 0.3) is 10.0 Å². The fourth-order valence-corrected chi connectivity index (χ4v) is 6.35. The zero-order valence-corrected chi connectivity index (χ0v) is 19.8. The van der Waals surface area contributed by atoms with Crippen LogP contribution in [0, 0.1) is 0 Å². The van der Waals surface area contributed by atoms with Gasteiger partial charge in [-0.1, -0.05) is 11.6 Å². The lowest BCUT2D eigenvalue weighted by Crippen LogP contribution is -2.43. The molecule has 0 bridgehead atoms. The molecule has 2 amide bonds. The molecule has 2 aromatic carbocycles. The SMILES string of the molecule is CC(=O)NS(=O)(=O)c1ccc(NC(=O)[C@@H]2C[C@H](Cl)CN2S(=O)(=O)c2ccc(Cl)cc2)cc1. The van der Waals surface area contributed by atoms with Gasteiger partial charge >= 0.3 is 0 Å². The molecule has 2 aromatic rings. The predicted molar refractivity (Wildman–Crippen MR) is 119 cm³/mol. The van der Waals surface area contributed by atoms with Gasteiger partial charge in [0, 0.05) is 29.6 Å². The van der Waals surface area contributed by atoms with Gasteiger partial charge in [-0.05, 0) is 55.0 Å². The second-order valence-corrected chi connectivity index (χ2v) is 11.7. The van der Waals surface area contributed by atoms with Crippen LogP contribution in [0.2, 0.25) is 5.02 Å². The fraction of sp³-hybridized carbons (Fsp3) is 0.263. The Morgan fingerprint density at radius 2 is 1.53 bits per heavy atom. The van der Waals surface area contributed by atoms with Crippen LogP contribution in [0.4, 0.5) is 5.69 Å². The number of hydrogen-bond donors (Lipinski definition) is 2. The van der Waals surface area contributed by atoms with E-state index in [9.17, 15) is 26.4 Å². The summed E-state index contributed by atoms with van der Waals surface area (Å²) in [5.41, 5.74) is 0.249. The normalized spacial score (nSPS) is 19.5. The van der Waals surface area contributed by atoms with Crippen LogP contribution in [0.3, 0.4) is 0 Å². The van der Waals surface area contributed by atoms with E-state index in [2.05, 4.69) is 5.32 Å². The standard InChI is InChI=1S/C19H19Cl2N3O6S2/c1-12(25)23-31(27,28)16-8-4-15(5-9-16)22-19(26)18-10-14(21)11-24(18)32(29,30)17-6-2-13(20)3-7-17/h2-9,14,18H,10-11H2,1H3,(H,22,26)(H,23,25)/t14-,18-/m0/s1. The lowest BCUT2D eigenvalue weighted by Gasteiger charge is -2.23. The van der Waals surface area contributed by atoms with Gasteiger partial charge in [0.2, 0.25) is 21.8 Å². The quantitative estimate of drug-likeness (QED) is 0.562. The molecule has 9 nitrogen and oxygen atoms in total. The Kier molecular flexibility index (Phi) is 7.15. The highest BCUT2D eigenvalue weighted by atomic mass is 35.5. The van der Waals surface area contributed by atoms with E-state index in [-0.39, 0.29) is 28.4 Å². The molecule has 1 fully saturated rings. The fourth-order valence-electron chi connectivity index (χ4n) is 3.19. The molecular formula is C19H19Cl2N3O6S2. The van der Waals surface area contributed by atoms with Crippen LogP contribution in [0.25, 0.3) is 0 Å². The van der Waals surface area contributed by atoms with Crippen molar-refractivity contribution in [2.75, 3.05) is 11.9 Å². The first-order valence-corrected chi connectivity index (χ1v) is 13.0. The molecule has 0 radical (unpaired) electrons. The highest BCUT2D eigenvalue weighted by Gasteiger charge is 2.43. The van der Waals surface area contributed by atoms with Crippen LogP contribution in [0.15, 0.2) is 58.3 Å². The van der Waals surface area contributed by atoms with Gasteiger partial charge in [-0.3, -0.25) is 9.59 Å². The Morgan fingerprint density at radius 3 is 2.09 bits per heavy atom. The van der Waals surface area contributed by atoms with Crippen molar-refractivity contribution < 1.29 is 26.4 Å². The number of carbonyl (C=O) groups is 2. The second kappa shape index (κ2) is 9.36. The third-order valence-electron chi connectivity index (χ3n) is 4.64. The molecule has 172 valence electrons. The van der Waals surface area contributed by atoms with Crippen LogP contribution >= 0.6 is 23.2 Å². The van der Waals surface area contributed by atoms with Crippen LogP contribution < -0.4 is 10.0 Å². The van der Waals surface area contributed by atoms with Crippen molar-refractivity contribution in [3.8, 4) is 0 Å². The number of anilines is 1. The summed E-state index contributed by atoms with van der Waals surface area (Å²) in [5, 5.41) is 2.40. The largest absolute Gasteiger partial charge is 0.325 e. The Hall–Kier alpha value is -2.18. The third kappa shape index (κ3) is 5.41. The number of benzene rings is 2. The van der Waals surface area contributed by atoms with Crippen molar-refractivity contribution >= 4 is 60.8 Å². The van der Waals surface area contributed by atoms with Crippen LogP contribution in [-0.4, -0.2) is 50.9 Å². The van der Waals surface area contributed by atoms with E-state index < -0.39 is 43.3 Å². The van der Waals surface area contributed by atoms with Gasteiger partial charge in [0.05, 0.1) is 9.79 Å². The van der Waals surface area contributed by atoms with E-state index >= 15 is 0 Å². The maximum atomic E-state index is 13.0. The molecule has 3 rings (SSSR count). The summed E-state index contributed by atoms with van der Waals surface area (Å²) >= 11 is 12.0. The number of nitrogens with zero attached hydrogens (tertiary/aromatic N) is 1. The minimum Gasteiger partial charge on any atom is -0.325 e. The van der Waals surface area contributed by atoms with Gasteiger partial charge in [0.15, 0.2) is 0 Å². The van der Waals surface area contributed by atoms with E-state index in [1.54, 1.807) is 0 Å². The number of carbonyl (C=O) groups excluding carboxylic acids is 2. The van der Waals surface area contributed by atoms with Crippen molar-refractivity contribution in [3.63, 3.8) is 0 Å². The molecule has 0 unspecified atom stereocenters. The van der Waals surface area contributed by atoms with Crippen molar-refractivity contribution in [2.24, 2.45) is 0 Å². The zero-order chi connectivity index (χ0) is 23.7. The Morgan fingerprint density at radius 1 is 0.969 bits per heavy atom. The van der Waals surface area contributed by atoms with E-state index in [0.717, 1.165) is 11.2 Å². The lowest BCUT2D eigenvalue weighted by molar-refractivity contribution is -0.119. The molecule has 1 aliphatic heterocycles. The number of hydrogen-bond acceptors (Lipinski definition) is 6. The summed E-state index contributed by atoms with van der Waals surface area (Å²) in [6, 6.07) is 9.61. The first-order chi connectivity index (χ1) is 14.9. The molecule has 0 spiro atoms. The summed E-state index contributed by atoms with van der Waals surface area (Å²) in [4.78, 5) is 23.7. The average molecular weight is 520 g/mol. The summed E-state index contributed by atoms with van der Waals surface area (Å²) in [6.45, 7) is 1.03. The molecule has 0 saturated carbocycles. The maximum absolute atomic E-state index is 13.0. The molecule has 32 heavy (non-hydrogen) atoms. The molecule has 2 N–H and O–H groups in total. The predicted octanol–water partition coefficient (Wildman–Crippen LogP) is 2.17. The summed E-state index contributed by atoms with van der Waals surface area (Å²) in [6.07, 6.45) is 0.106. The van der Waals surface area contributed by atoms with Gasteiger partial charge in [-0.25, -0.2) is 21.6 Å². The number of nitrogens with one attached hydrogen (secondary N) is 2. The number of alkyl halides is 1. The molecule has 2 atom stereocenters. The summed E-state index contributed by atoms with van der Waals surface area (Å²) in [5.74, 6) is -1.34. The highest BCUT2D eigenvalue weighted by Crippen LogP contribution is 2.30. The number of amides is 2. The third-order valence-corrected chi connectivity index (χ3v) is 8.54. The molecule has 1 saturated heterocycles. The molecular weight excluding hydrogens is 501 g/mol. The van der Waals surface area contributed by atoms with Crippen molar-refractivity contribution in [1.82, 2.24) is 9.03 Å². The van der Waals surface area contributed by atoms with Crippen molar-refractivity contribution in [2.45, 2.75) is 34.6 Å². The van der Waals surface area contributed by atoms with Crippen LogP contribution in [-0.2, 0) is 29.6 Å². The highest BCUT2D eigenvalue weighted by molar-refractivity contribution is 7.90. The average Bonchev–Trinajstić information content (AvgIpc) is 3.10. The first-order valence-electron chi connectivity index (χ1n) is 9.26.